The van der Waals surface area contributed by atoms with Gasteiger partial charge in [0.25, 0.3) is 5.91 Å². The van der Waals surface area contributed by atoms with E-state index in [1.807, 2.05) is 43.3 Å². The zero-order chi connectivity index (χ0) is 14.2. The smallest absolute Gasteiger partial charge is 0.266 e. The fourth-order valence-electron chi connectivity index (χ4n) is 1.60. The lowest BCUT2D eigenvalue weighted by atomic mass is 10.1. The van der Waals surface area contributed by atoms with Gasteiger partial charge in [-0.15, -0.1) is 0 Å². The van der Waals surface area contributed by atoms with Crippen molar-refractivity contribution in [2.45, 2.75) is 6.92 Å². The van der Waals surface area contributed by atoms with Gasteiger partial charge < -0.3 is 0 Å². The van der Waals surface area contributed by atoms with Crippen LogP contribution in [0.25, 0.3) is 6.08 Å². The molecule has 4 nitrogen and oxygen atoms in total. The summed E-state index contributed by atoms with van der Waals surface area (Å²) in [6.45, 7) is 1.92. The molecule has 0 aliphatic heterocycles. The summed E-state index contributed by atoms with van der Waals surface area (Å²) >= 11 is 0. The Kier molecular flexibility index (Phi) is 4.78. The van der Waals surface area contributed by atoms with E-state index < -0.39 is 0 Å². The second-order valence-corrected chi connectivity index (χ2v) is 4.21. The highest BCUT2D eigenvalue weighted by Crippen LogP contribution is 2.04. The minimum Gasteiger partial charge on any atom is -0.266 e. The number of hydrogen-bond donors (Lipinski definition) is 1. The van der Waals surface area contributed by atoms with Crippen LogP contribution in [0.2, 0.25) is 0 Å². The van der Waals surface area contributed by atoms with Crippen molar-refractivity contribution in [3.05, 3.63) is 71.6 Å². The number of pyridine rings is 1. The molecule has 2 aromatic rings. The Hall–Kier alpha value is -2.75. The molecule has 0 spiro atoms. The van der Waals surface area contributed by atoms with Crippen LogP contribution in [0, 0.1) is 0 Å². The molecule has 0 saturated carbocycles. The SMILES string of the molecule is C/C(C=NNC(=O)c1ccccn1)=C/c1ccccc1. The fraction of sp³-hybridized carbons (Fsp3) is 0.0625. The molecule has 0 bridgehead atoms. The number of amides is 1. The maximum absolute atomic E-state index is 11.7. The number of nitrogens with zero attached hydrogens (tertiary/aromatic N) is 2. The molecule has 4 heteroatoms. The van der Waals surface area contributed by atoms with Crippen molar-refractivity contribution in [2.75, 3.05) is 0 Å². The van der Waals surface area contributed by atoms with Crippen molar-refractivity contribution >= 4 is 18.2 Å². The van der Waals surface area contributed by atoms with Crippen LogP contribution in [-0.2, 0) is 0 Å². The third-order valence-corrected chi connectivity index (χ3v) is 2.53. The highest BCUT2D eigenvalue weighted by molar-refractivity contribution is 5.93. The first-order valence-electron chi connectivity index (χ1n) is 6.23. The number of nitrogens with one attached hydrogen (secondary N) is 1. The molecule has 100 valence electrons. The van der Waals surface area contributed by atoms with E-state index in [4.69, 9.17) is 0 Å². The lowest BCUT2D eigenvalue weighted by Crippen LogP contribution is -2.18. The standard InChI is InChI=1S/C16H15N3O/c1-13(11-14-7-3-2-4-8-14)12-18-19-16(20)15-9-5-6-10-17-15/h2-12H,1H3,(H,19,20)/b13-11-,18-12?. The van der Waals surface area contributed by atoms with E-state index in [1.54, 1.807) is 30.6 Å². The molecule has 0 unspecified atom stereocenters. The van der Waals surface area contributed by atoms with Crippen molar-refractivity contribution in [1.82, 2.24) is 10.4 Å². The zero-order valence-electron chi connectivity index (χ0n) is 11.2. The molecule has 0 fully saturated rings. The fourth-order valence-corrected chi connectivity index (χ4v) is 1.60. The predicted molar refractivity (Wildman–Crippen MR) is 80.3 cm³/mol. The summed E-state index contributed by atoms with van der Waals surface area (Å²) in [4.78, 5) is 15.6. The van der Waals surface area contributed by atoms with Gasteiger partial charge >= 0.3 is 0 Å². The second-order valence-electron chi connectivity index (χ2n) is 4.21. The molecule has 0 saturated heterocycles. The van der Waals surface area contributed by atoms with E-state index in [9.17, 15) is 4.79 Å². The van der Waals surface area contributed by atoms with Crippen molar-refractivity contribution < 1.29 is 4.79 Å². The van der Waals surface area contributed by atoms with Gasteiger partial charge in [0.15, 0.2) is 0 Å². The highest BCUT2D eigenvalue weighted by atomic mass is 16.2. The van der Waals surface area contributed by atoms with E-state index >= 15 is 0 Å². The van der Waals surface area contributed by atoms with Gasteiger partial charge in [-0.05, 0) is 30.2 Å². The topological polar surface area (TPSA) is 54.4 Å². The Morgan fingerprint density at radius 3 is 2.60 bits per heavy atom. The van der Waals surface area contributed by atoms with E-state index in [2.05, 4.69) is 15.5 Å². The maximum atomic E-state index is 11.7. The second kappa shape index (κ2) is 6.99. The molecule has 1 heterocycles. The predicted octanol–water partition coefficient (Wildman–Crippen LogP) is 2.90. The van der Waals surface area contributed by atoms with Crippen LogP contribution in [0.4, 0.5) is 0 Å². The molecule has 1 amide bonds. The van der Waals surface area contributed by atoms with Gasteiger partial charge in [0, 0.05) is 6.20 Å². The number of carbonyl (C=O) groups is 1. The molecule has 1 N–H and O–H groups in total. The zero-order valence-corrected chi connectivity index (χ0v) is 11.2. The summed E-state index contributed by atoms with van der Waals surface area (Å²) in [6.07, 6.45) is 5.16. The molecule has 20 heavy (non-hydrogen) atoms. The monoisotopic (exact) mass is 265 g/mol. The molecule has 1 aromatic heterocycles. The Balaban J connectivity index is 1.94. The summed E-state index contributed by atoms with van der Waals surface area (Å²) < 4.78 is 0. The summed E-state index contributed by atoms with van der Waals surface area (Å²) in [5.74, 6) is -0.325. The number of allylic oxidation sites excluding steroid dienone is 1. The third kappa shape index (κ3) is 4.17. The number of carbonyl (C=O) groups excluding carboxylic acids is 1. The number of hydrogen-bond acceptors (Lipinski definition) is 3. The normalized spacial score (nSPS) is 11.6. The van der Waals surface area contributed by atoms with Gasteiger partial charge in [0.05, 0.1) is 6.21 Å². The lowest BCUT2D eigenvalue weighted by Gasteiger charge is -1.98. The molecule has 0 aliphatic rings. The Morgan fingerprint density at radius 1 is 1.15 bits per heavy atom. The first-order chi connectivity index (χ1) is 9.75. The number of aromatic nitrogens is 1. The average Bonchev–Trinajstić information content (AvgIpc) is 2.49. The Bertz CT molecular complexity index is 619. The van der Waals surface area contributed by atoms with Crippen molar-refractivity contribution in [1.29, 1.82) is 0 Å². The Morgan fingerprint density at radius 2 is 1.90 bits per heavy atom. The van der Waals surface area contributed by atoms with Crippen LogP contribution in [-0.4, -0.2) is 17.1 Å². The van der Waals surface area contributed by atoms with Crippen molar-refractivity contribution in [2.24, 2.45) is 5.10 Å². The summed E-state index contributed by atoms with van der Waals surface area (Å²) in [5, 5.41) is 3.91. The highest BCUT2D eigenvalue weighted by Gasteiger charge is 2.03. The minimum absolute atomic E-state index is 0.325. The van der Waals surface area contributed by atoms with Gasteiger partial charge in [-0.1, -0.05) is 42.5 Å². The summed E-state index contributed by atoms with van der Waals surface area (Å²) in [6, 6.07) is 15.1. The first kappa shape index (κ1) is 13.7. The largest absolute Gasteiger partial charge is 0.289 e. The van der Waals surface area contributed by atoms with E-state index in [0.29, 0.717) is 5.69 Å². The number of hydrazone groups is 1. The number of rotatable bonds is 4. The molecule has 0 radical (unpaired) electrons. The Labute approximate surface area is 117 Å². The summed E-state index contributed by atoms with van der Waals surface area (Å²) in [7, 11) is 0. The van der Waals surface area contributed by atoms with Gasteiger partial charge in [-0.3, -0.25) is 9.78 Å². The van der Waals surface area contributed by atoms with Crippen molar-refractivity contribution in [3.63, 3.8) is 0 Å². The lowest BCUT2D eigenvalue weighted by molar-refractivity contribution is 0.0950. The van der Waals surface area contributed by atoms with E-state index in [0.717, 1.165) is 11.1 Å². The third-order valence-electron chi connectivity index (χ3n) is 2.53. The minimum atomic E-state index is -0.325. The van der Waals surface area contributed by atoms with Crippen LogP contribution in [0.15, 0.2) is 65.4 Å². The molecule has 0 atom stereocenters. The maximum Gasteiger partial charge on any atom is 0.289 e. The van der Waals surface area contributed by atoms with Crippen LogP contribution in [0.1, 0.15) is 23.0 Å². The van der Waals surface area contributed by atoms with Crippen LogP contribution >= 0.6 is 0 Å². The summed E-state index contributed by atoms with van der Waals surface area (Å²) in [5.41, 5.74) is 4.82. The van der Waals surface area contributed by atoms with Crippen LogP contribution in [0.5, 0.6) is 0 Å². The number of benzene rings is 1. The van der Waals surface area contributed by atoms with E-state index in [1.165, 1.54) is 0 Å². The first-order valence-corrected chi connectivity index (χ1v) is 6.23. The van der Waals surface area contributed by atoms with Crippen LogP contribution < -0.4 is 5.43 Å². The molecule has 1 aromatic carbocycles. The van der Waals surface area contributed by atoms with Gasteiger partial charge in [-0.25, -0.2) is 5.43 Å². The quantitative estimate of drug-likeness (QED) is 0.682. The van der Waals surface area contributed by atoms with Gasteiger partial charge in [0.1, 0.15) is 5.69 Å². The van der Waals surface area contributed by atoms with E-state index in [-0.39, 0.29) is 5.91 Å². The molecule has 2 rings (SSSR count). The van der Waals surface area contributed by atoms with Gasteiger partial charge in [0.2, 0.25) is 0 Å². The molecule has 0 aliphatic carbocycles. The molecular formula is C16H15N3O. The van der Waals surface area contributed by atoms with Crippen molar-refractivity contribution in [3.8, 4) is 0 Å². The molecular weight excluding hydrogens is 250 g/mol. The van der Waals surface area contributed by atoms with Gasteiger partial charge in [-0.2, -0.15) is 5.10 Å². The average molecular weight is 265 g/mol. The van der Waals surface area contributed by atoms with Crippen LogP contribution in [0.3, 0.4) is 0 Å².